The van der Waals surface area contributed by atoms with Crippen LogP contribution in [0.1, 0.15) is 34.7 Å². The van der Waals surface area contributed by atoms with E-state index in [2.05, 4.69) is 16.7 Å². The van der Waals surface area contributed by atoms with E-state index in [1.807, 2.05) is 57.2 Å². The summed E-state index contributed by atoms with van der Waals surface area (Å²) in [6, 6.07) is 16.1. The Morgan fingerprint density at radius 2 is 1.80 bits per heavy atom. The van der Waals surface area contributed by atoms with Crippen molar-refractivity contribution in [2.75, 3.05) is 26.1 Å². The Labute approximate surface area is 181 Å². The molecule has 0 amide bonds. The van der Waals surface area contributed by atoms with Gasteiger partial charge in [-0.15, -0.1) is 11.8 Å². The van der Waals surface area contributed by atoms with Gasteiger partial charge in [-0.05, 0) is 49.7 Å². The van der Waals surface area contributed by atoms with E-state index in [4.69, 9.17) is 9.47 Å². The van der Waals surface area contributed by atoms with E-state index in [0.717, 1.165) is 27.1 Å². The minimum Gasteiger partial charge on any atom is -0.457 e. The predicted octanol–water partition coefficient (Wildman–Crippen LogP) is 4.98. The van der Waals surface area contributed by atoms with Crippen molar-refractivity contribution in [3.63, 3.8) is 0 Å². The number of thioether (sulfide) groups is 1. The number of nitrogens with zero attached hydrogens (tertiary/aromatic N) is 1. The number of ether oxygens (including phenoxy) is 2. The van der Waals surface area contributed by atoms with E-state index in [1.165, 1.54) is 11.8 Å². The first kappa shape index (κ1) is 22.1. The summed E-state index contributed by atoms with van der Waals surface area (Å²) in [5, 5.41) is 2.29. The molecule has 1 atom stereocenters. The Bertz CT molecular complexity index is 1060. The van der Waals surface area contributed by atoms with Crippen LogP contribution in [0.5, 0.6) is 0 Å². The maximum Gasteiger partial charge on any atom is 0.316 e. The number of rotatable bonds is 9. The van der Waals surface area contributed by atoms with E-state index in [0.29, 0.717) is 12.2 Å². The number of carbonyl (C=O) groups excluding carboxylic acids is 2. The number of fused-ring (bicyclic) bond motifs is 1. The minimum atomic E-state index is -0.400. The lowest BCUT2D eigenvalue weighted by molar-refractivity contribution is -0.139. The molecule has 0 aliphatic carbocycles. The van der Waals surface area contributed by atoms with Gasteiger partial charge < -0.3 is 14.0 Å². The summed E-state index contributed by atoms with van der Waals surface area (Å²) in [6.07, 6.45) is 0. The number of methoxy groups -OCH3 is 1. The third-order valence-electron chi connectivity index (χ3n) is 5.08. The molecule has 0 fully saturated rings. The number of aryl methyl sites for hydroxylation is 1. The highest BCUT2D eigenvalue weighted by molar-refractivity contribution is 8.00. The molecule has 0 aliphatic rings. The lowest BCUT2D eigenvalue weighted by Gasteiger charge is -2.17. The fraction of sp³-hybridized carbons (Fsp3) is 0.333. The number of Topliss-reactive ketones (excluding diaryl/α,β-unsaturated/α-hetero) is 1. The summed E-state index contributed by atoms with van der Waals surface area (Å²) in [5.41, 5.74) is 2.44. The molecule has 1 heterocycles. The minimum absolute atomic E-state index is 0.123. The first-order valence-electron chi connectivity index (χ1n) is 9.88. The summed E-state index contributed by atoms with van der Waals surface area (Å²) in [6.45, 7) is 6.22. The Morgan fingerprint density at radius 3 is 2.53 bits per heavy atom. The summed E-state index contributed by atoms with van der Waals surface area (Å²) in [4.78, 5) is 25.8. The van der Waals surface area contributed by atoms with Crippen LogP contribution in [-0.4, -0.2) is 42.4 Å². The molecule has 158 valence electrons. The fourth-order valence-electron chi connectivity index (χ4n) is 3.72. The molecular weight excluding hydrogens is 398 g/mol. The molecule has 30 heavy (non-hydrogen) atoms. The number of benzene rings is 2. The van der Waals surface area contributed by atoms with Crippen molar-refractivity contribution >= 4 is 34.3 Å². The van der Waals surface area contributed by atoms with Crippen LogP contribution in [0.4, 0.5) is 0 Å². The van der Waals surface area contributed by atoms with E-state index >= 15 is 0 Å². The molecule has 3 rings (SSSR count). The Kier molecular flexibility index (Phi) is 7.34. The molecule has 1 unspecified atom stereocenters. The van der Waals surface area contributed by atoms with Gasteiger partial charge in [0.2, 0.25) is 5.78 Å². The van der Waals surface area contributed by atoms with Crippen molar-refractivity contribution in [3.8, 4) is 0 Å². The number of hydrogen-bond acceptors (Lipinski definition) is 5. The molecular formula is C24H27NO4S. The maximum atomic E-state index is 12.6. The van der Waals surface area contributed by atoms with Gasteiger partial charge in [-0.1, -0.05) is 30.3 Å². The van der Waals surface area contributed by atoms with E-state index in [9.17, 15) is 9.59 Å². The second kappa shape index (κ2) is 9.96. The summed E-state index contributed by atoms with van der Waals surface area (Å²) in [5.74, 6) is -0.429. The zero-order valence-electron chi connectivity index (χ0n) is 17.8. The third-order valence-corrected chi connectivity index (χ3v) is 6.04. The van der Waals surface area contributed by atoms with Crippen LogP contribution >= 0.6 is 11.8 Å². The van der Waals surface area contributed by atoms with Crippen molar-refractivity contribution in [2.45, 2.75) is 31.7 Å². The van der Waals surface area contributed by atoms with Gasteiger partial charge >= 0.3 is 5.97 Å². The van der Waals surface area contributed by atoms with Crippen molar-refractivity contribution in [1.29, 1.82) is 0 Å². The molecule has 0 saturated heterocycles. The van der Waals surface area contributed by atoms with Gasteiger partial charge in [-0.3, -0.25) is 9.59 Å². The van der Waals surface area contributed by atoms with Crippen molar-refractivity contribution in [3.05, 3.63) is 65.5 Å². The summed E-state index contributed by atoms with van der Waals surface area (Å²) < 4.78 is 12.5. The smallest absolute Gasteiger partial charge is 0.316 e. The van der Waals surface area contributed by atoms with Gasteiger partial charge in [0, 0.05) is 29.0 Å². The van der Waals surface area contributed by atoms with Gasteiger partial charge in [0.05, 0.1) is 18.4 Å². The molecule has 1 aromatic heterocycles. The molecule has 6 heteroatoms. The van der Waals surface area contributed by atoms with Gasteiger partial charge in [-0.25, -0.2) is 0 Å². The number of esters is 1. The quantitative estimate of drug-likeness (QED) is 0.275. The highest BCUT2D eigenvalue weighted by Gasteiger charge is 2.20. The predicted molar refractivity (Wildman–Crippen MR) is 120 cm³/mol. The van der Waals surface area contributed by atoms with Crippen LogP contribution < -0.4 is 0 Å². The Hall–Kier alpha value is -2.57. The highest BCUT2D eigenvalue weighted by atomic mass is 32.2. The molecule has 5 nitrogen and oxygen atoms in total. The number of aromatic nitrogens is 1. The van der Waals surface area contributed by atoms with E-state index in [-0.39, 0.29) is 24.2 Å². The van der Waals surface area contributed by atoms with Crippen LogP contribution in [0.25, 0.3) is 10.8 Å². The van der Waals surface area contributed by atoms with Gasteiger partial charge in [0.1, 0.15) is 0 Å². The number of carbonyl (C=O) groups is 2. The molecule has 0 aliphatic heterocycles. The zero-order chi connectivity index (χ0) is 21.7. The van der Waals surface area contributed by atoms with Gasteiger partial charge in [0.15, 0.2) is 6.61 Å². The highest BCUT2D eigenvalue weighted by Crippen LogP contribution is 2.24. The largest absolute Gasteiger partial charge is 0.457 e. The molecule has 2 aromatic carbocycles. The fourth-order valence-corrected chi connectivity index (χ4v) is 4.46. The molecule has 0 radical (unpaired) electrons. The molecule has 3 aromatic rings. The SMILES string of the molecule is COCC(C)n1c(C)cc(C(=O)COC(=O)CSc2ccc3ccccc3c2)c1C. The maximum absolute atomic E-state index is 12.6. The molecule has 0 N–H and O–H groups in total. The Morgan fingerprint density at radius 1 is 1.07 bits per heavy atom. The first-order valence-corrected chi connectivity index (χ1v) is 10.9. The van der Waals surface area contributed by atoms with Crippen LogP contribution in [0.15, 0.2) is 53.4 Å². The van der Waals surface area contributed by atoms with Crippen molar-refractivity contribution in [2.24, 2.45) is 0 Å². The molecule has 0 saturated carbocycles. The van der Waals surface area contributed by atoms with Gasteiger partial charge in [0.25, 0.3) is 0 Å². The second-order valence-corrected chi connectivity index (χ2v) is 8.39. The lowest BCUT2D eigenvalue weighted by atomic mass is 10.1. The average Bonchev–Trinajstić information content (AvgIpc) is 3.04. The second-order valence-electron chi connectivity index (χ2n) is 7.34. The summed E-state index contributed by atoms with van der Waals surface area (Å²) >= 11 is 1.41. The van der Waals surface area contributed by atoms with Gasteiger partial charge in [-0.2, -0.15) is 0 Å². The van der Waals surface area contributed by atoms with E-state index in [1.54, 1.807) is 7.11 Å². The zero-order valence-corrected chi connectivity index (χ0v) is 18.6. The van der Waals surface area contributed by atoms with Crippen LogP contribution in [0.3, 0.4) is 0 Å². The summed E-state index contributed by atoms with van der Waals surface area (Å²) in [7, 11) is 1.66. The van der Waals surface area contributed by atoms with Crippen LogP contribution in [-0.2, 0) is 14.3 Å². The van der Waals surface area contributed by atoms with E-state index < -0.39 is 5.97 Å². The average molecular weight is 426 g/mol. The lowest BCUT2D eigenvalue weighted by Crippen LogP contribution is -2.17. The molecule has 0 spiro atoms. The first-order chi connectivity index (χ1) is 14.4. The van der Waals surface area contributed by atoms with Crippen LogP contribution in [0, 0.1) is 13.8 Å². The monoisotopic (exact) mass is 425 g/mol. The normalized spacial score (nSPS) is 12.1. The van der Waals surface area contributed by atoms with Crippen molar-refractivity contribution in [1.82, 2.24) is 4.57 Å². The number of hydrogen-bond donors (Lipinski definition) is 0. The van der Waals surface area contributed by atoms with Crippen LogP contribution in [0.2, 0.25) is 0 Å². The molecule has 0 bridgehead atoms. The standard InChI is InChI=1S/C24H27NO4S/c1-16-11-22(18(3)25(16)17(2)13-28-4)23(26)14-29-24(27)15-30-21-10-9-19-7-5-6-8-20(19)12-21/h5-12,17H,13-15H2,1-4H3. The third kappa shape index (κ3) is 5.12. The van der Waals surface area contributed by atoms with Crippen molar-refractivity contribution < 1.29 is 19.1 Å². The number of ketones is 1. The Balaban J connectivity index is 1.55. The topological polar surface area (TPSA) is 57.5 Å².